The van der Waals surface area contributed by atoms with Gasteiger partial charge in [0.2, 0.25) is 0 Å². The third-order valence-corrected chi connectivity index (χ3v) is 5.73. The second kappa shape index (κ2) is 10.0. The van der Waals surface area contributed by atoms with Crippen molar-refractivity contribution in [1.82, 2.24) is 0 Å². The molecule has 0 N–H and O–H groups in total. The lowest BCUT2D eigenvalue weighted by Gasteiger charge is -2.11. The molecular weight excluding hydrogens is 432 g/mol. The molecule has 0 spiro atoms. The van der Waals surface area contributed by atoms with Crippen molar-refractivity contribution in [3.63, 3.8) is 0 Å². The van der Waals surface area contributed by atoms with Gasteiger partial charge in [0.15, 0.2) is 0 Å². The van der Waals surface area contributed by atoms with Gasteiger partial charge in [0.1, 0.15) is 11.5 Å². The van der Waals surface area contributed by atoms with E-state index in [1.165, 1.54) is 16.0 Å². The monoisotopic (exact) mass is 456 g/mol. The molecule has 3 aromatic carbocycles. The predicted molar refractivity (Wildman–Crippen MR) is 121 cm³/mol. The molecule has 146 valence electrons. The average Bonchev–Trinajstić information content (AvgIpc) is 2.65. The normalized spacial score (nSPS) is 10.7. The highest BCUT2D eigenvalue weighted by Gasteiger charge is 2.06. The topological polar surface area (TPSA) is 18.5 Å². The van der Waals surface area contributed by atoms with Crippen molar-refractivity contribution in [3.05, 3.63) is 81.8 Å². The number of halogens is 1. The molecule has 0 saturated carbocycles. The van der Waals surface area contributed by atoms with Crippen molar-refractivity contribution in [2.24, 2.45) is 0 Å². The van der Waals surface area contributed by atoms with Crippen LogP contribution >= 0.6 is 27.7 Å². The standard InChI is InChI=1S/C24H25BrO2S/c1-4-26-24-10-9-22(13-18(24)3)28-23-15-20(25)14-21(16-23)27-12-11-19-7-5-17(2)6-8-19/h5-10,13-16H,4,11-12H2,1-3H3. The highest BCUT2D eigenvalue weighted by Crippen LogP contribution is 2.35. The van der Waals surface area contributed by atoms with Gasteiger partial charge in [-0.1, -0.05) is 57.5 Å². The summed E-state index contributed by atoms with van der Waals surface area (Å²) >= 11 is 5.33. The molecule has 0 unspecified atom stereocenters. The molecule has 0 radical (unpaired) electrons. The number of aryl methyl sites for hydroxylation is 2. The molecular formula is C24H25BrO2S. The fraction of sp³-hybridized carbons (Fsp3) is 0.250. The minimum Gasteiger partial charge on any atom is -0.494 e. The molecule has 0 aliphatic carbocycles. The summed E-state index contributed by atoms with van der Waals surface area (Å²) in [4.78, 5) is 2.33. The SMILES string of the molecule is CCOc1ccc(Sc2cc(Br)cc(OCCc3ccc(C)cc3)c2)cc1C. The van der Waals surface area contributed by atoms with Gasteiger partial charge in [0, 0.05) is 20.7 Å². The van der Waals surface area contributed by atoms with Crippen molar-refractivity contribution in [3.8, 4) is 11.5 Å². The Morgan fingerprint density at radius 2 is 1.64 bits per heavy atom. The van der Waals surface area contributed by atoms with E-state index >= 15 is 0 Å². The van der Waals surface area contributed by atoms with Gasteiger partial charge in [-0.3, -0.25) is 0 Å². The van der Waals surface area contributed by atoms with E-state index in [1.807, 2.05) is 19.1 Å². The Bertz CT molecular complexity index is 922. The van der Waals surface area contributed by atoms with E-state index in [1.54, 1.807) is 11.8 Å². The van der Waals surface area contributed by atoms with Crippen LogP contribution in [0.2, 0.25) is 0 Å². The van der Waals surface area contributed by atoms with Crippen molar-refractivity contribution >= 4 is 27.7 Å². The molecule has 28 heavy (non-hydrogen) atoms. The first-order chi connectivity index (χ1) is 13.5. The number of hydrogen-bond acceptors (Lipinski definition) is 3. The van der Waals surface area contributed by atoms with E-state index in [2.05, 4.69) is 78.3 Å². The lowest BCUT2D eigenvalue weighted by Crippen LogP contribution is -2.01. The predicted octanol–water partition coefficient (Wildman–Crippen LogP) is 7.24. The fourth-order valence-corrected chi connectivity index (χ4v) is 4.49. The summed E-state index contributed by atoms with van der Waals surface area (Å²) in [6.07, 6.45) is 0.896. The Morgan fingerprint density at radius 3 is 2.36 bits per heavy atom. The van der Waals surface area contributed by atoms with E-state index in [0.717, 1.165) is 32.9 Å². The largest absolute Gasteiger partial charge is 0.494 e. The van der Waals surface area contributed by atoms with Crippen LogP contribution in [0.5, 0.6) is 11.5 Å². The number of hydrogen-bond donors (Lipinski definition) is 0. The zero-order chi connectivity index (χ0) is 19.9. The Hall–Kier alpha value is -1.91. The van der Waals surface area contributed by atoms with Crippen LogP contribution in [0.1, 0.15) is 23.6 Å². The van der Waals surface area contributed by atoms with Crippen LogP contribution in [0, 0.1) is 13.8 Å². The number of ether oxygens (including phenoxy) is 2. The van der Waals surface area contributed by atoms with Gasteiger partial charge in [0.05, 0.1) is 13.2 Å². The van der Waals surface area contributed by atoms with Gasteiger partial charge < -0.3 is 9.47 Å². The van der Waals surface area contributed by atoms with E-state index in [4.69, 9.17) is 9.47 Å². The van der Waals surface area contributed by atoms with Crippen LogP contribution < -0.4 is 9.47 Å². The highest BCUT2D eigenvalue weighted by atomic mass is 79.9. The molecule has 0 atom stereocenters. The second-order valence-corrected chi connectivity index (χ2v) is 8.73. The lowest BCUT2D eigenvalue weighted by molar-refractivity contribution is 0.321. The van der Waals surface area contributed by atoms with E-state index in [0.29, 0.717) is 13.2 Å². The van der Waals surface area contributed by atoms with Crippen LogP contribution in [0.15, 0.2) is 74.9 Å². The zero-order valence-electron chi connectivity index (χ0n) is 16.5. The number of rotatable bonds is 8. The maximum atomic E-state index is 6.01. The molecule has 0 bridgehead atoms. The van der Waals surface area contributed by atoms with Crippen LogP contribution in [-0.2, 0) is 6.42 Å². The number of benzene rings is 3. The summed E-state index contributed by atoms with van der Waals surface area (Å²) in [7, 11) is 0. The van der Waals surface area contributed by atoms with E-state index < -0.39 is 0 Å². The van der Waals surface area contributed by atoms with Crippen LogP contribution in [0.4, 0.5) is 0 Å². The Balaban J connectivity index is 1.64. The highest BCUT2D eigenvalue weighted by molar-refractivity contribution is 9.10. The summed E-state index contributed by atoms with van der Waals surface area (Å²) in [5.74, 6) is 1.83. The van der Waals surface area contributed by atoms with Crippen molar-refractivity contribution < 1.29 is 9.47 Å². The minimum atomic E-state index is 0.659. The van der Waals surface area contributed by atoms with Gasteiger partial charge >= 0.3 is 0 Å². The average molecular weight is 457 g/mol. The van der Waals surface area contributed by atoms with Gasteiger partial charge in [-0.05, 0) is 68.3 Å². The molecule has 2 nitrogen and oxygen atoms in total. The van der Waals surface area contributed by atoms with Crippen LogP contribution in [-0.4, -0.2) is 13.2 Å². The first kappa shape index (κ1) is 20.8. The molecule has 0 aromatic heterocycles. The maximum absolute atomic E-state index is 6.01. The maximum Gasteiger partial charge on any atom is 0.122 e. The summed E-state index contributed by atoms with van der Waals surface area (Å²) in [5.41, 5.74) is 3.72. The molecule has 0 amide bonds. The molecule has 0 saturated heterocycles. The Morgan fingerprint density at radius 1 is 0.857 bits per heavy atom. The van der Waals surface area contributed by atoms with E-state index in [-0.39, 0.29) is 0 Å². The summed E-state index contributed by atoms with van der Waals surface area (Å²) in [6, 6.07) is 21.1. The van der Waals surface area contributed by atoms with Crippen LogP contribution in [0.3, 0.4) is 0 Å². The lowest BCUT2D eigenvalue weighted by atomic mass is 10.1. The van der Waals surface area contributed by atoms with Crippen molar-refractivity contribution in [1.29, 1.82) is 0 Å². The third-order valence-electron chi connectivity index (χ3n) is 4.31. The first-order valence-corrected chi connectivity index (χ1v) is 11.0. The molecule has 0 heterocycles. The van der Waals surface area contributed by atoms with Gasteiger partial charge in [-0.25, -0.2) is 0 Å². The summed E-state index contributed by atoms with van der Waals surface area (Å²) < 4.78 is 12.7. The Kier molecular flexibility index (Phi) is 7.46. The first-order valence-electron chi connectivity index (χ1n) is 9.43. The fourth-order valence-electron chi connectivity index (χ4n) is 2.86. The molecule has 0 fully saturated rings. The quantitative estimate of drug-likeness (QED) is 0.355. The summed E-state index contributed by atoms with van der Waals surface area (Å²) in [5, 5.41) is 0. The van der Waals surface area contributed by atoms with Crippen LogP contribution in [0.25, 0.3) is 0 Å². The molecule has 3 rings (SSSR count). The second-order valence-electron chi connectivity index (χ2n) is 6.67. The molecule has 0 aliphatic heterocycles. The van der Waals surface area contributed by atoms with Crippen molar-refractivity contribution in [2.75, 3.05) is 13.2 Å². The van der Waals surface area contributed by atoms with Crippen molar-refractivity contribution in [2.45, 2.75) is 37.0 Å². The molecule has 0 aliphatic rings. The van der Waals surface area contributed by atoms with Gasteiger partial charge in [0.25, 0.3) is 0 Å². The minimum absolute atomic E-state index is 0.659. The third kappa shape index (κ3) is 6.05. The molecule has 3 aromatic rings. The van der Waals surface area contributed by atoms with Gasteiger partial charge in [-0.2, -0.15) is 0 Å². The summed E-state index contributed by atoms with van der Waals surface area (Å²) in [6.45, 7) is 7.53. The zero-order valence-corrected chi connectivity index (χ0v) is 18.9. The van der Waals surface area contributed by atoms with E-state index in [9.17, 15) is 0 Å². The smallest absolute Gasteiger partial charge is 0.122 e. The molecule has 4 heteroatoms. The Labute approximate surface area is 180 Å². The van der Waals surface area contributed by atoms with Gasteiger partial charge in [-0.15, -0.1) is 0 Å².